The molecule has 13 nitrogen and oxygen atoms in total. The Morgan fingerprint density at radius 2 is 1.05 bits per heavy atom. The van der Waals surface area contributed by atoms with Crippen LogP contribution in [0, 0.1) is 17.5 Å². The number of carbonyl (C=O) groups excluding carboxylic acids is 2. The first kappa shape index (κ1) is 43.3. The molecule has 0 atom stereocenters. The maximum Gasteiger partial charge on any atom is 0.244 e. The standard InChI is InChI=1S/C22H29Cl2N5O2.C17H19Cl2IN4O2/c1-16-21(24)22(28-8-4-3-5-9-28)25-29(16)15-20(30)27-12-10-26(11-13-27)17-6-7-18(23)19(14-17)31-2;1-11-16(19)17(20)21-24(11)10-15(25)23-7-5-22(6-8-23)12-3-4-13(18)14(9-12)26-2/h6-7,14H,3-5,8-13,15H2,1-2H3;3-4,9H,5-8,10H2,1-2H3. The minimum absolute atomic E-state index is 0.0528. The van der Waals surface area contributed by atoms with Crippen molar-refractivity contribution in [2.75, 3.05) is 94.4 Å². The Kier molecular flexibility index (Phi) is 14.9. The lowest BCUT2D eigenvalue weighted by atomic mass is 10.1. The van der Waals surface area contributed by atoms with E-state index < -0.39 is 0 Å². The summed E-state index contributed by atoms with van der Waals surface area (Å²) in [6, 6.07) is 11.5. The summed E-state index contributed by atoms with van der Waals surface area (Å²) in [6.45, 7) is 11.9. The van der Waals surface area contributed by atoms with Gasteiger partial charge in [0.05, 0.1) is 40.7 Å². The van der Waals surface area contributed by atoms with Crippen LogP contribution in [0.25, 0.3) is 0 Å². The van der Waals surface area contributed by atoms with Crippen molar-refractivity contribution in [1.82, 2.24) is 29.4 Å². The Labute approximate surface area is 367 Å². The van der Waals surface area contributed by atoms with Gasteiger partial charge < -0.3 is 34.0 Å². The lowest BCUT2D eigenvalue weighted by molar-refractivity contribution is -0.133. The van der Waals surface area contributed by atoms with Crippen LogP contribution in [0.3, 0.4) is 0 Å². The van der Waals surface area contributed by atoms with Gasteiger partial charge in [-0.1, -0.05) is 46.4 Å². The number of benzene rings is 2. The van der Waals surface area contributed by atoms with Crippen LogP contribution in [0.1, 0.15) is 30.7 Å². The molecule has 7 rings (SSSR count). The van der Waals surface area contributed by atoms with Crippen molar-refractivity contribution < 1.29 is 19.1 Å². The Bertz CT molecular complexity index is 2040. The second-order valence-corrected chi connectivity index (χ2v) is 16.7. The molecule has 308 valence electrons. The highest BCUT2D eigenvalue weighted by Crippen LogP contribution is 2.33. The third kappa shape index (κ3) is 10.3. The Morgan fingerprint density at radius 1 is 0.614 bits per heavy atom. The fourth-order valence-electron chi connectivity index (χ4n) is 7.19. The van der Waals surface area contributed by atoms with Gasteiger partial charge in [-0.3, -0.25) is 19.0 Å². The van der Waals surface area contributed by atoms with Crippen LogP contribution < -0.4 is 24.2 Å². The highest BCUT2D eigenvalue weighted by molar-refractivity contribution is 14.1. The molecule has 3 fully saturated rings. The third-order valence-corrected chi connectivity index (χ3v) is 13.3. The number of piperazine rings is 2. The van der Waals surface area contributed by atoms with Gasteiger partial charge in [-0.15, -0.1) is 0 Å². The highest BCUT2D eigenvalue weighted by Gasteiger charge is 2.26. The molecule has 3 saturated heterocycles. The van der Waals surface area contributed by atoms with E-state index in [0.717, 1.165) is 84.4 Å². The number of aromatic nitrogens is 4. The van der Waals surface area contributed by atoms with Crippen LogP contribution in [0.15, 0.2) is 36.4 Å². The lowest BCUT2D eigenvalue weighted by Crippen LogP contribution is -2.49. The van der Waals surface area contributed by atoms with E-state index in [-0.39, 0.29) is 24.9 Å². The fraction of sp³-hybridized carbons (Fsp3) is 0.487. The molecule has 5 heterocycles. The third-order valence-electron chi connectivity index (χ3n) is 10.7. The molecule has 18 heteroatoms. The molecule has 57 heavy (non-hydrogen) atoms. The molecular weight excluding hydrogens is 927 g/mol. The molecule has 0 bridgehead atoms. The molecule has 2 amide bonds. The summed E-state index contributed by atoms with van der Waals surface area (Å²) in [6.07, 6.45) is 3.57. The van der Waals surface area contributed by atoms with Crippen molar-refractivity contribution in [3.63, 3.8) is 0 Å². The van der Waals surface area contributed by atoms with Gasteiger partial charge in [-0.2, -0.15) is 10.2 Å². The van der Waals surface area contributed by atoms with Crippen LogP contribution in [-0.4, -0.2) is 121 Å². The summed E-state index contributed by atoms with van der Waals surface area (Å²) in [4.78, 5) is 36.0. The molecule has 0 N–H and O–H groups in total. The van der Waals surface area contributed by atoms with E-state index in [2.05, 4.69) is 47.5 Å². The van der Waals surface area contributed by atoms with E-state index >= 15 is 0 Å². The maximum absolute atomic E-state index is 13.0. The topological polar surface area (TPSA) is 104 Å². The average Bonchev–Trinajstić information content (AvgIpc) is 3.65. The van der Waals surface area contributed by atoms with Gasteiger partial charge in [0.1, 0.15) is 33.3 Å². The minimum atomic E-state index is 0.0528. The van der Waals surface area contributed by atoms with Crippen molar-refractivity contribution in [3.05, 3.63) is 71.6 Å². The van der Waals surface area contributed by atoms with E-state index in [1.54, 1.807) is 23.6 Å². The Balaban J connectivity index is 0.000000196. The molecule has 2 aromatic heterocycles. The van der Waals surface area contributed by atoms with Crippen molar-refractivity contribution in [1.29, 1.82) is 0 Å². The van der Waals surface area contributed by atoms with Crippen molar-refractivity contribution in [2.45, 2.75) is 46.2 Å². The second-order valence-electron chi connectivity index (χ2n) is 14.1. The molecule has 2 aromatic carbocycles. The number of carbonyl (C=O) groups is 2. The lowest BCUT2D eigenvalue weighted by Gasteiger charge is -2.36. The smallest absolute Gasteiger partial charge is 0.244 e. The van der Waals surface area contributed by atoms with Crippen LogP contribution in [-0.2, 0) is 22.7 Å². The first-order valence-corrected chi connectivity index (χ1v) is 21.6. The van der Waals surface area contributed by atoms with Gasteiger partial charge in [0, 0.05) is 89.0 Å². The van der Waals surface area contributed by atoms with E-state index in [0.29, 0.717) is 57.8 Å². The number of ether oxygens (including phenoxy) is 2. The quantitative estimate of drug-likeness (QED) is 0.160. The zero-order valence-electron chi connectivity index (χ0n) is 32.6. The summed E-state index contributed by atoms with van der Waals surface area (Å²) >= 11 is 27.0. The summed E-state index contributed by atoms with van der Waals surface area (Å²) in [5, 5.41) is 11.5. The zero-order chi connectivity index (χ0) is 40.8. The Hall–Kier alpha value is -3.31. The number of halogens is 5. The van der Waals surface area contributed by atoms with Crippen LogP contribution in [0.5, 0.6) is 11.5 Å². The normalized spacial score (nSPS) is 16.1. The monoisotopic (exact) mass is 973 g/mol. The summed E-state index contributed by atoms with van der Waals surface area (Å²) < 4.78 is 14.7. The van der Waals surface area contributed by atoms with E-state index in [1.807, 2.05) is 60.0 Å². The predicted molar refractivity (Wildman–Crippen MR) is 236 cm³/mol. The van der Waals surface area contributed by atoms with Gasteiger partial charge in [-0.25, -0.2) is 0 Å². The number of hydrogen-bond acceptors (Lipinski definition) is 9. The number of rotatable bonds is 9. The van der Waals surface area contributed by atoms with Crippen molar-refractivity contribution in [2.24, 2.45) is 0 Å². The molecular formula is C39H48Cl4IN9O4. The van der Waals surface area contributed by atoms with Crippen LogP contribution >= 0.6 is 69.0 Å². The maximum atomic E-state index is 13.0. The molecule has 0 aliphatic carbocycles. The van der Waals surface area contributed by atoms with E-state index in [4.69, 9.17) is 55.9 Å². The molecule has 0 spiro atoms. The molecule has 3 aliphatic heterocycles. The van der Waals surface area contributed by atoms with Gasteiger partial charge >= 0.3 is 0 Å². The first-order chi connectivity index (χ1) is 27.4. The van der Waals surface area contributed by atoms with E-state index in [9.17, 15) is 9.59 Å². The summed E-state index contributed by atoms with van der Waals surface area (Å²) in [5.74, 6) is 2.25. The number of anilines is 3. The molecule has 0 saturated carbocycles. The molecule has 4 aromatic rings. The number of amides is 2. The van der Waals surface area contributed by atoms with Crippen molar-refractivity contribution in [3.8, 4) is 11.5 Å². The summed E-state index contributed by atoms with van der Waals surface area (Å²) in [5.41, 5.74) is 3.76. The number of hydrogen-bond donors (Lipinski definition) is 0. The number of methoxy groups -OCH3 is 2. The van der Waals surface area contributed by atoms with Crippen LogP contribution in [0.2, 0.25) is 20.1 Å². The Morgan fingerprint density at radius 3 is 1.47 bits per heavy atom. The number of nitrogens with zero attached hydrogens (tertiary/aromatic N) is 9. The van der Waals surface area contributed by atoms with Gasteiger partial charge in [0.2, 0.25) is 11.8 Å². The highest BCUT2D eigenvalue weighted by atomic mass is 127. The minimum Gasteiger partial charge on any atom is -0.495 e. The zero-order valence-corrected chi connectivity index (χ0v) is 37.8. The fourth-order valence-corrected chi connectivity index (χ4v) is 8.62. The summed E-state index contributed by atoms with van der Waals surface area (Å²) in [7, 11) is 3.22. The second kappa shape index (κ2) is 19.6. The van der Waals surface area contributed by atoms with Gasteiger partial charge in [0.15, 0.2) is 5.82 Å². The van der Waals surface area contributed by atoms with Crippen molar-refractivity contribution >= 4 is 98.0 Å². The van der Waals surface area contributed by atoms with Crippen LogP contribution in [0.4, 0.5) is 17.2 Å². The van der Waals surface area contributed by atoms with E-state index in [1.165, 1.54) is 6.42 Å². The van der Waals surface area contributed by atoms with Gasteiger partial charge in [-0.05, 0) is 80.0 Å². The molecule has 0 unspecified atom stereocenters. The molecule has 0 radical (unpaired) electrons. The number of piperidine rings is 1. The predicted octanol–water partition coefficient (Wildman–Crippen LogP) is 7.31. The first-order valence-electron chi connectivity index (χ1n) is 19.0. The van der Waals surface area contributed by atoms with Gasteiger partial charge in [0.25, 0.3) is 0 Å². The average molecular weight is 976 g/mol. The molecule has 3 aliphatic rings. The SMILES string of the molecule is COc1cc(N2CCN(C(=O)Cn3nc(I)c(Cl)c3C)CC2)ccc1Cl.COc1cc(N2CCN(C(=O)Cn3nc(N4CCCCC4)c(Cl)c3C)CC2)ccc1Cl. The largest absolute Gasteiger partial charge is 0.495 e.